The number of nitrogens with zero attached hydrogens (tertiary/aromatic N) is 2. The van der Waals surface area contributed by atoms with E-state index in [2.05, 4.69) is 20.6 Å². The van der Waals surface area contributed by atoms with Crippen LogP contribution in [-0.2, 0) is 6.54 Å². The van der Waals surface area contributed by atoms with Crippen molar-refractivity contribution < 1.29 is 9.18 Å². The van der Waals surface area contributed by atoms with E-state index in [1.54, 1.807) is 54.7 Å². The van der Waals surface area contributed by atoms with E-state index in [4.69, 9.17) is 11.6 Å². The molecule has 1 amide bonds. The van der Waals surface area contributed by atoms with Crippen LogP contribution in [0.2, 0.25) is 5.02 Å². The second-order valence-corrected chi connectivity index (χ2v) is 7.23. The Labute approximate surface area is 184 Å². The first-order valence-electron chi connectivity index (χ1n) is 9.55. The molecule has 0 aliphatic carbocycles. The first kappa shape index (κ1) is 20.5. The fourth-order valence-electron chi connectivity index (χ4n) is 2.97. The lowest BCUT2D eigenvalue weighted by Crippen LogP contribution is -2.22. The van der Waals surface area contributed by atoms with Crippen molar-refractivity contribution in [2.24, 2.45) is 0 Å². The molecule has 4 aromatic rings. The van der Waals surface area contributed by atoms with Gasteiger partial charge >= 0.3 is 0 Å². The SMILES string of the molecule is O=C(NCc1ccc(Cl)cc1)c1cccc(Nc2ccnc(-c3cccc(F)c3)n2)c1. The number of carbonyl (C=O) groups is 1. The van der Waals surface area contributed by atoms with E-state index >= 15 is 0 Å². The first-order valence-corrected chi connectivity index (χ1v) is 9.93. The van der Waals surface area contributed by atoms with Crippen LogP contribution >= 0.6 is 11.6 Å². The van der Waals surface area contributed by atoms with Gasteiger partial charge in [-0.3, -0.25) is 4.79 Å². The van der Waals surface area contributed by atoms with Gasteiger partial charge in [-0.15, -0.1) is 0 Å². The van der Waals surface area contributed by atoms with Crippen molar-refractivity contribution in [2.75, 3.05) is 5.32 Å². The molecular formula is C24H18ClFN4O. The predicted octanol–water partition coefficient (Wildman–Crippen LogP) is 5.61. The molecule has 1 aromatic heterocycles. The number of carbonyl (C=O) groups excluding carboxylic acids is 1. The number of rotatable bonds is 6. The monoisotopic (exact) mass is 432 g/mol. The molecule has 2 N–H and O–H groups in total. The molecule has 0 saturated heterocycles. The summed E-state index contributed by atoms with van der Waals surface area (Å²) in [5, 5.41) is 6.71. The van der Waals surface area contributed by atoms with Gasteiger partial charge < -0.3 is 10.6 Å². The zero-order valence-corrected chi connectivity index (χ0v) is 17.1. The van der Waals surface area contributed by atoms with Crippen LogP contribution in [0.5, 0.6) is 0 Å². The van der Waals surface area contributed by atoms with Gasteiger partial charge in [0.1, 0.15) is 11.6 Å². The molecule has 4 rings (SSSR count). The van der Waals surface area contributed by atoms with Crippen molar-refractivity contribution in [3.8, 4) is 11.4 Å². The third-order valence-electron chi connectivity index (χ3n) is 4.50. The summed E-state index contributed by atoms with van der Waals surface area (Å²) < 4.78 is 13.5. The second kappa shape index (κ2) is 9.36. The maximum absolute atomic E-state index is 13.5. The van der Waals surface area contributed by atoms with E-state index in [1.165, 1.54) is 12.1 Å². The molecule has 0 aliphatic heterocycles. The van der Waals surface area contributed by atoms with Crippen LogP contribution < -0.4 is 10.6 Å². The summed E-state index contributed by atoms with van der Waals surface area (Å²) >= 11 is 5.89. The largest absolute Gasteiger partial charge is 0.348 e. The molecule has 0 bridgehead atoms. The lowest BCUT2D eigenvalue weighted by molar-refractivity contribution is 0.0951. The molecule has 0 atom stereocenters. The van der Waals surface area contributed by atoms with E-state index in [0.29, 0.717) is 40.0 Å². The molecule has 0 unspecified atom stereocenters. The quantitative estimate of drug-likeness (QED) is 0.415. The molecule has 31 heavy (non-hydrogen) atoms. The van der Waals surface area contributed by atoms with Gasteiger partial charge in [0.2, 0.25) is 0 Å². The van der Waals surface area contributed by atoms with E-state index in [0.717, 1.165) is 5.56 Å². The summed E-state index contributed by atoms with van der Waals surface area (Å²) in [7, 11) is 0. The Bertz CT molecular complexity index is 1210. The Balaban J connectivity index is 1.45. The molecule has 0 radical (unpaired) electrons. The minimum atomic E-state index is -0.350. The van der Waals surface area contributed by atoms with Gasteiger partial charge in [-0.1, -0.05) is 41.9 Å². The summed E-state index contributed by atoms with van der Waals surface area (Å²) in [6.07, 6.45) is 1.60. The number of nitrogens with one attached hydrogen (secondary N) is 2. The fourth-order valence-corrected chi connectivity index (χ4v) is 3.09. The average Bonchev–Trinajstić information content (AvgIpc) is 2.79. The van der Waals surface area contributed by atoms with Crippen LogP contribution in [-0.4, -0.2) is 15.9 Å². The van der Waals surface area contributed by atoms with Crippen molar-refractivity contribution >= 4 is 29.0 Å². The maximum atomic E-state index is 13.5. The van der Waals surface area contributed by atoms with Gasteiger partial charge in [-0.2, -0.15) is 0 Å². The number of aromatic nitrogens is 2. The summed E-state index contributed by atoms with van der Waals surface area (Å²) in [5.74, 6) is 0.396. The van der Waals surface area contributed by atoms with Crippen LogP contribution in [0, 0.1) is 5.82 Å². The molecular weight excluding hydrogens is 415 g/mol. The van der Waals surface area contributed by atoms with Crippen molar-refractivity contribution in [1.82, 2.24) is 15.3 Å². The molecule has 154 valence electrons. The fraction of sp³-hybridized carbons (Fsp3) is 0.0417. The van der Waals surface area contributed by atoms with Crippen molar-refractivity contribution in [1.29, 1.82) is 0 Å². The van der Waals surface area contributed by atoms with Crippen molar-refractivity contribution in [3.63, 3.8) is 0 Å². The highest BCUT2D eigenvalue weighted by Gasteiger charge is 2.08. The summed E-state index contributed by atoms with van der Waals surface area (Å²) in [6.45, 7) is 0.399. The Kier molecular flexibility index (Phi) is 6.19. The lowest BCUT2D eigenvalue weighted by atomic mass is 10.1. The Morgan fingerprint density at radius 1 is 0.968 bits per heavy atom. The number of halogens is 2. The molecule has 7 heteroatoms. The highest BCUT2D eigenvalue weighted by atomic mass is 35.5. The van der Waals surface area contributed by atoms with E-state index in [-0.39, 0.29) is 11.7 Å². The lowest BCUT2D eigenvalue weighted by Gasteiger charge is -2.10. The summed E-state index contributed by atoms with van der Waals surface area (Å²) in [5.41, 5.74) is 2.75. The Morgan fingerprint density at radius 2 is 1.77 bits per heavy atom. The van der Waals surface area contributed by atoms with Gasteiger partial charge in [0.05, 0.1) is 0 Å². The van der Waals surface area contributed by atoms with Gasteiger partial charge in [0.15, 0.2) is 5.82 Å². The van der Waals surface area contributed by atoms with Gasteiger partial charge in [-0.25, -0.2) is 14.4 Å². The van der Waals surface area contributed by atoms with E-state index in [9.17, 15) is 9.18 Å². The minimum Gasteiger partial charge on any atom is -0.348 e. The topological polar surface area (TPSA) is 66.9 Å². The number of amides is 1. The normalized spacial score (nSPS) is 10.5. The van der Waals surface area contributed by atoms with Gasteiger partial charge in [0, 0.05) is 34.6 Å². The highest BCUT2D eigenvalue weighted by Crippen LogP contribution is 2.20. The highest BCUT2D eigenvalue weighted by molar-refractivity contribution is 6.30. The Hall–Kier alpha value is -3.77. The number of hydrogen-bond donors (Lipinski definition) is 2. The number of benzene rings is 3. The van der Waals surface area contributed by atoms with Gasteiger partial charge in [0.25, 0.3) is 5.91 Å². The molecule has 0 spiro atoms. The molecule has 0 fully saturated rings. The zero-order chi connectivity index (χ0) is 21.6. The minimum absolute atomic E-state index is 0.193. The Morgan fingerprint density at radius 3 is 2.58 bits per heavy atom. The smallest absolute Gasteiger partial charge is 0.251 e. The zero-order valence-electron chi connectivity index (χ0n) is 16.3. The third kappa shape index (κ3) is 5.43. The standard InChI is InChI=1S/C24H18ClFN4O/c25-19-9-7-16(8-10-19)15-28-24(31)18-4-2-6-21(14-18)29-22-11-12-27-23(30-22)17-3-1-5-20(26)13-17/h1-14H,15H2,(H,28,31)(H,27,29,30). The molecule has 0 saturated carbocycles. The number of hydrogen-bond acceptors (Lipinski definition) is 4. The van der Waals surface area contributed by atoms with Crippen LogP contribution in [0.25, 0.3) is 11.4 Å². The van der Waals surface area contributed by atoms with Crippen LogP contribution in [0.3, 0.4) is 0 Å². The third-order valence-corrected chi connectivity index (χ3v) is 4.75. The predicted molar refractivity (Wildman–Crippen MR) is 120 cm³/mol. The molecule has 3 aromatic carbocycles. The van der Waals surface area contributed by atoms with Crippen molar-refractivity contribution in [3.05, 3.63) is 107 Å². The van der Waals surface area contributed by atoms with E-state index in [1.807, 2.05) is 18.2 Å². The maximum Gasteiger partial charge on any atom is 0.251 e. The number of anilines is 2. The van der Waals surface area contributed by atoms with Gasteiger partial charge in [-0.05, 0) is 54.1 Å². The first-order chi connectivity index (χ1) is 15.1. The average molecular weight is 433 g/mol. The second-order valence-electron chi connectivity index (χ2n) is 6.79. The van der Waals surface area contributed by atoms with Crippen LogP contribution in [0.4, 0.5) is 15.9 Å². The van der Waals surface area contributed by atoms with Crippen LogP contribution in [0.15, 0.2) is 85.1 Å². The van der Waals surface area contributed by atoms with E-state index < -0.39 is 0 Å². The summed E-state index contributed by atoms with van der Waals surface area (Å²) in [4.78, 5) is 21.2. The molecule has 1 heterocycles. The van der Waals surface area contributed by atoms with Crippen LogP contribution in [0.1, 0.15) is 15.9 Å². The summed E-state index contributed by atoms with van der Waals surface area (Å²) in [6, 6.07) is 22.2. The molecule has 5 nitrogen and oxygen atoms in total. The van der Waals surface area contributed by atoms with Crippen molar-refractivity contribution in [2.45, 2.75) is 6.54 Å². The molecule has 0 aliphatic rings.